The van der Waals surface area contributed by atoms with E-state index in [-0.39, 0.29) is 31.9 Å². The Bertz CT molecular complexity index is 2060. The second kappa shape index (κ2) is 12.8. The molecule has 0 saturated heterocycles. The van der Waals surface area contributed by atoms with Gasteiger partial charge in [0.25, 0.3) is 0 Å². The Kier molecular flexibility index (Phi) is 9.27. The summed E-state index contributed by atoms with van der Waals surface area (Å²) in [5.74, 6) is 1.94. The van der Waals surface area contributed by atoms with Gasteiger partial charge in [-0.25, -0.2) is 4.98 Å². The third kappa shape index (κ3) is 6.91. The first-order valence-electron chi connectivity index (χ1n) is 15.6. The standard InChI is InChI=1S/C39H41N5O2.Pt/c1-24-26(3)43-34(41-24)22-33(23-36(43)46-35-20-29(16-17-40-35)38(5,6)7)45-32-19-30(39(8,9)10)18-31(21-32)44-27(4)37(25(2)42-44)28-14-12-11-13-15-28;/h11-20,22H,1-10H3;/q-2;+2. The van der Waals surface area contributed by atoms with E-state index in [2.05, 4.69) is 95.9 Å². The summed E-state index contributed by atoms with van der Waals surface area (Å²) in [5.41, 5.74) is 9.62. The van der Waals surface area contributed by atoms with E-state index in [4.69, 9.17) is 19.6 Å². The molecule has 0 unspecified atom stereocenters. The first-order chi connectivity index (χ1) is 21.7. The summed E-state index contributed by atoms with van der Waals surface area (Å²) in [4.78, 5) is 9.28. The summed E-state index contributed by atoms with van der Waals surface area (Å²) in [6.07, 6.45) is 1.77. The van der Waals surface area contributed by atoms with Crippen molar-refractivity contribution in [2.75, 3.05) is 0 Å². The molecule has 0 saturated carbocycles. The largest absolute Gasteiger partial charge is 2.00 e. The maximum Gasteiger partial charge on any atom is 2.00 e. The molecule has 244 valence electrons. The van der Waals surface area contributed by atoms with Crippen molar-refractivity contribution in [1.29, 1.82) is 0 Å². The van der Waals surface area contributed by atoms with E-state index in [1.54, 1.807) is 6.20 Å². The third-order valence-electron chi connectivity index (χ3n) is 8.36. The molecule has 47 heavy (non-hydrogen) atoms. The van der Waals surface area contributed by atoms with Gasteiger partial charge in [0.05, 0.1) is 17.0 Å². The molecule has 4 heterocycles. The Balaban J connectivity index is 0.00000433. The first-order valence-corrected chi connectivity index (χ1v) is 15.6. The van der Waals surface area contributed by atoms with Crippen LogP contribution in [0, 0.1) is 39.8 Å². The summed E-state index contributed by atoms with van der Waals surface area (Å²) in [6, 6.07) is 27.2. The fourth-order valence-electron chi connectivity index (χ4n) is 5.61. The van der Waals surface area contributed by atoms with Gasteiger partial charge in [0.2, 0.25) is 5.88 Å². The molecule has 6 aromatic rings. The van der Waals surface area contributed by atoms with Crippen molar-refractivity contribution in [2.24, 2.45) is 0 Å². The van der Waals surface area contributed by atoms with Crippen LogP contribution in [0.4, 0.5) is 0 Å². The number of hydrogen-bond donors (Lipinski definition) is 0. The molecular weight excluding hydrogens is 766 g/mol. The van der Waals surface area contributed by atoms with Gasteiger partial charge in [0, 0.05) is 35.0 Å². The average Bonchev–Trinajstić information content (AvgIpc) is 3.45. The van der Waals surface area contributed by atoms with Crippen molar-refractivity contribution >= 4 is 5.65 Å². The monoisotopic (exact) mass is 806 g/mol. The van der Waals surface area contributed by atoms with Crippen LogP contribution >= 0.6 is 0 Å². The molecular formula is C39H41N5O2Pt. The zero-order valence-corrected chi connectivity index (χ0v) is 31.0. The Morgan fingerprint density at radius 2 is 1.38 bits per heavy atom. The van der Waals surface area contributed by atoms with E-state index in [9.17, 15) is 0 Å². The Morgan fingerprint density at radius 1 is 0.702 bits per heavy atom. The summed E-state index contributed by atoms with van der Waals surface area (Å²) in [6.45, 7) is 21.2. The van der Waals surface area contributed by atoms with Crippen molar-refractivity contribution in [1.82, 2.24) is 24.1 Å². The molecule has 0 aliphatic carbocycles. The Labute approximate surface area is 292 Å². The van der Waals surface area contributed by atoms with Crippen molar-refractivity contribution in [3.63, 3.8) is 0 Å². The van der Waals surface area contributed by atoms with Crippen LogP contribution in [-0.4, -0.2) is 24.1 Å². The number of rotatable bonds is 6. The molecule has 0 bridgehead atoms. The Morgan fingerprint density at radius 3 is 2.06 bits per heavy atom. The van der Waals surface area contributed by atoms with Gasteiger partial charge in [0.15, 0.2) is 0 Å². The minimum atomic E-state index is -0.149. The number of pyridine rings is 2. The summed E-state index contributed by atoms with van der Waals surface area (Å²) in [7, 11) is 0. The van der Waals surface area contributed by atoms with Crippen molar-refractivity contribution in [2.45, 2.75) is 80.1 Å². The van der Waals surface area contributed by atoms with Crippen LogP contribution < -0.4 is 9.47 Å². The molecule has 7 nitrogen and oxygen atoms in total. The van der Waals surface area contributed by atoms with Crippen LogP contribution in [0.5, 0.6) is 23.3 Å². The fourth-order valence-corrected chi connectivity index (χ4v) is 5.61. The number of aromatic nitrogens is 5. The summed E-state index contributed by atoms with van der Waals surface area (Å²) >= 11 is 0. The molecule has 0 amide bonds. The SMILES string of the molecule is Cc1nn(-c2[c-]c(Oc3[c-]c(Oc4cc(C(C)(C)C)ccn4)n4c(C)c(C)nc4c3)cc(C(C)(C)C)c2)c(C)c1-c1ccccc1.[Pt+2]. The van der Waals surface area contributed by atoms with E-state index in [1.807, 2.05) is 60.2 Å². The van der Waals surface area contributed by atoms with Gasteiger partial charge in [-0.05, 0) is 67.2 Å². The maximum absolute atomic E-state index is 6.55. The van der Waals surface area contributed by atoms with Crippen LogP contribution in [-0.2, 0) is 31.9 Å². The minimum absolute atomic E-state index is 0. The van der Waals surface area contributed by atoms with Crippen LogP contribution in [0.15, 0.2) is 66.9 Å². The fraction of sp³-hybridized carbons (Fsp3) is 0.308. The zero-order chi connectivity index (χ0) is 33.0. The molecule has 2 aromatic carbocycles. The van der Waals surface area contributed by atoms with Crippen LogP contribution in [0.2, 0.25) is 0 Å². The van der Waals surface area contributed by atoms with E-state index in [1.165, 1.54) is 0 Å². The maximum atomic E-state index is 6.55. The average molecular weight is 807 g/mol. The topological polar surface area (TPSA) is 66.5 Å². The van der Waals surface area contributed by atoms with Gasteiger partial charge in [-0.1, -0.05) is 71.9 Å². The van der Waals surface area contributed by atoms with E-state index in [0.717, 1.165) is 50.7 Å². The molecule has 4 aromatic heterocycles. The quantitative estimate of drug-likeness (QED) is 0.157. The van der Waals surface area contributed by atoms with Crippen molar-refractivity contribution in [3.05, 3.63) is 113 Å². The van der Waals surface area contributed by atoms with E-state index >= 15 is 0 Å². The normalized spacial score (nSPS) is 11.9. The predicted molar refractivity (Wildman–Crippen MR) is 183 cm³/mol. The molecule has 0 radical (unpaired) electrons. The molecule has 8 heteroatoms. The molecule has 0 fully saturated rings. The third-order valence-corrected chi connectivity index (χ3v) is 8.36. The van der Waals surface area contributed by atoms with Gasteiger partial charge in [0.1, 0.15) is 5.88 Å². The predicted octanol–water partition coefficient (Wildman–Crippen LogP) is 9.59. The minimum Gasteiger partial charge on any atom is -0.521 e. The first kappa shape index (κ1) is 34.1. The number of fused-ring (bicyclic) bond motifs is 1. The molecule has 0 N–H and O–H groups in total. The second-order valence-electron chi connectivity index (χ2n) is 13.9. The number of nitrogens with zero attached hydrogens (tertiary/aromatic N) is 5. The number of benzene rings is 2. The zero-order valence-electron chi connectivity index (χ0n) is 28.7. The number of aryl methyl sites for hydroxylation is 3. The van der Waals surface area contributed by atoms with Crippen LogP contribution in [0.1, 0.15) is 75.4 Å². The number of imidazole rings is 1. The van der Waals surface area contributed by atoms with Gasteiger partial charge < -0.3 is 9.47 Å². The Hall–Kier alpha value is -4.22. The van der Waals surface area contributed by atoms with Gasteiger partial charge in [-0.3, -0.25) is 14.1 Å². The summed E-state index contributed by atoms with van der Waals surface area (Å²) < 4.78 is 16.8. The van der Waals surface area contributed by atoms with Crippen molar-refractivity contribution < 1.29 is 30.5 Å². The van der Waals surface area contributed by atoms with Gasteiger partial charge in [-0.15, -0.1) is 35.9 Å². The molecule has 0 spiro atoms. The van der Waals surface area contributed by atoms with E-state index < -0.39 is 0 Å². The summed E-state index contributed by atoms with van der Waals surface area (Å²) in [5, 5.41) is 4.95. The van der Waals surface area contributed by atoms with Crippen LogP contribution in [0.25, 0.3) is 22.5 Å². The smallest absolute Gasteiger partial charge is 0.521 e. The van der Waals surface area contributed by atoms with Crippen molar-refractivity contribution in [3.8, 4) is 40.1 Å². The van der Waals surface area contributed by atoms with Crippen LogP contribution in [0.3, 0.4) is 0 Å². The van der Waals surface area contributed by atoms with E-state index in [0.29, 0.717) is 28.9 Å². The van der Waals surface area contributed by atoms with Gasteiger partial charge in [-0.2, -0.15) is 5.10 Å². The van der Waals surface area contributed by atoms with Gasteiger partial charge >= 0.3 is 21.1 Å². The number of ether oxygens (including phenoxy) is 2. The molecule has 6 rings (SSSR count). The number of hydrogen-bond acceptors (Lipinski definition) is 5. The molecule has 0 atom stereocenters. The second-order valence-corrected chi connectivity index (χ2v) is 13.9. The molecule has 0 aliphatic heterocycles. The molecule has 0 aliphatic rings.